The normalized spacial score (nSPS) is 18.8. The predicted octanol–water partition coefficient (Wildman–Crippen LogP) is 3.66. The third-order valence-corrected chi connectivity index (χ3v) is 4.55. The Hall–Kier alpha value is -2.89. The molecule has 1 fully saturated rings. The fraction of sp³-hybridized carbons (Fsp3) is 0.263. The average molecular weight is 336 g/mol. The summed E-state index contributed by atoms with van der Waals surface area (Å²) < 4.78 is 19.1. The zero-order valence-electron chi connectivity index (χ0n) is 14.0. The quantitative estimate of drug-likeness (QED) is 0.727. The Kier molecular flexibility index (Phi) is 3.87. The van der Waals surface area contributed by atoms with E-state index < -0.39 is 0 Å². The van der Waals surface area contributed by atoms with Crippen LogP contribution in [0.2, 0.25) is 0 Å². The maximum absolute atomic E-state index is 13.9. The number of halogens is 1. The van der Waals surface area contributed by atoms with E-state index in [9.17, 15) is 4.39 Å². The minimum absolute atomic E-state index is 0.293. The van der Waals surface area contributed by atoms with Crippen molar-refractivity contribution in [3.63, 3.8) is 0 Å². The molecule has 2 aromatic heterocycles. The number of hydrogen-bond acceptors (Lipinski definition) is 5. The van der Waals surface area contributed by atoms with Crippen molar-refractivity contribution in [2.75, 3.05) is 7.11 Å². The Bertz CT molecular complexity index is 899. The molecule has 25 heavy (non-hydrogen) atoms. The van der Waals surface area contributed by atoms with Crippen LogP contribution in [0.3, 0.4) is 0 Å². The number of methoxy groups -OCH3 is 1. The molecule has 4 rings (SSSR count). The minimum atomic E-state index is -0.293. The van der Waals surface area contributed by atoms with Crippen molar-refractivity contribution in [3.05, 3.63) is 65.5 Å². The summed E-state index contributed by atoms with van der Waals surface area (Å²) in [4.78, 5) is 17.1. The van der Waals surface area contributed by atoms with Gasteiger partial charge in [0.1, 0.15) is 0 Å². The zero-order valence-corrected chi connectivity index (χ0v) is 14.0. The highest BCUT2D eigenvalue weighted by molar-refractivity contribution is 5.45. The van der Waals surface area contributed by atoms with Crippen LogP contribution in [0.15, 0.2) is 43.0 Å². The van der Waals surface area contributed by atoms with Gasteiger partial charge in [-0.1, -0.05) is 6.07 Å². The Labute approximate surface area is 145 Å². The number of ether oxygens (including phenoxy) is 1. The van der Waals surface area contributed by atoms with E-state index in [1.807, 2.05) is 18.5 Å². The van der Waals surface area contributed by atoms with Crippen molar-refractivity contribution >= 4 is 0 Å². The van der Waals surface area contributed by atoms with Gasteiger partial charge in [0.15, 0.2) is 23.2 Å². The van der Waals surface area contributed by atoms with Crippen molar-refractivity contribution < 1.29 is 9.13 Å². The van der Waals surface area contributed by atoms with Crippen LogP contribution >= 0.6 is 0 Å². The predicted molar refractivity (Wildman–Crippen MR) is 90.8 cm³/mol. The number of nitrogens with zero attached hydrogens (tertiary/aromatic N) is 4. The molecule has 0 saturated heterocycles. The number of aryl methyl sites for hydroxylation is 1. The lowest BCUT2D eigenvalue weighted by molar-refractivity contribution is 0.384. The Morgan fingerprint density at radius 3 is 2.28 bits per heavy atom. The topological polar surface area (TPSA) is 60.8 Å². The molecule has 0 spiro atoms. The van der Waals surface area contributed by atoms with Crippen LogP contribution in [0.25, 0.3) is 11.6 Å². The van der Waals surface area contributed by atoms with Crippen molar-refractivity contribution in [2.45, 2.75) is 25.2 Å². The van der Waals surface area contributed by atoms with E-state index in [-0.39, 0.29) is 5.82 Å². The summed E-state index contributed by atoms with van der Waals surface area (Å²) in [5.41, 5.74) is 2.77. The van der Waals surface area contributed by atoms with Crippen LogP contribution in [0.5, 0.6) is 5.75 Å². The molecule has 2 heterocycles. The molecule has 0 radical (unpaired) electrons. The van der Waals surface area contributed by atoms with E-state index in [2.05, 4.69) is 19.9 Å². The molecule has 5 nitrogen and oxygen atoms in total. The van der Waals surface area contributed by atoms with Gasteiger partial charge in [-0.05, 0) is 54.0 Å². The summed E-state index contributed by atoms with van der Waals surface area (Å²) in [6.45, 7) is 1.76. The summed E-state index contributed by atoms with van der Waals surface area (Å²) in [5.74, 6) is 1.73. The SMILES string of the molecule is COc1cc([C@@H]2C[C@H]2c2cnc(-c3ncccn3)nc2)cc(C)c1F. The van der Waals surface area contributed by atoms with E-state index in [0.717, 1.165) is 17.5 Å². The van der Waals surface area contributed by atoms with Gasteiger partial charge in [-0.3, -0.25) is 0 Å². The number of benzene rings is 1. The molecule has 0 aliphatic heterocycles. The van der Waals surface area contributed by atoms with Crippen LogP contribution in [0.4, 0.5) is 4.39 Å². The van der Waals surface area contributed by atoms with Gasteiger partial charge in [0.25, 0.3) is 0 Å². The molecule has 1 aromatic carbocycles. The second-order valence-electron chi connectivity index (χ2n) is 6.22. The van der Waals surface area contributed by atoms with E-state index in [0.29, 0.717) is 34.8 Å². The van der Waals surface area contributed by atoms with Crippen LogP contribution in [-0.4, -0.2) is 27.0 Å². The maximum Gasteiger partial charge on any atom is 0.197 e. The Morgan fingerprint density at radius 2 is 1.60 bits per heavy atom. The molecule has 0 amide bonds. The van der Waals surface area contributed by atoms with Gasteiger partial charge in [-0.2, -0.15) is 0 Å². The highest BCUT2D eigenvalue weighted by Gasteiger charge is 2.40. The first-order valence-electron chi connectivity index (χ1n) is 8.10. The molecular weight excluding hydrogens is 319 g/mol. The van der Waals surface area contributed by atoms with E-state index in [1.54, 1.807) is 31.5 Å². The zero-order chi connectivity index (χ0) is 17.4. The Balaban J connectivity index is 1.55. The number of hydrogen-bond donors (Lipinski definition) is 0. The fourth-order valence-corrected chi connectivity index (χ4v) is 3.12. The largest absolute Gasteiger partial charge is 0.494 e. The van der Waals surface area contributed by atoms with E-state index in [1.165, 1.54) is 7.11 Å². The van der Waals surface area contributed by atoms with Crippen LogP contribution in [0, 0.1) is 12.7 Å². The molecule has 2 atom stereocenters. The van der Waals surface area contributed by atoms with Crippen LogP contribution in [-0.2, 0) is 0 Å². The third kappa shape index (κ3) is 2.95. The molecule has 0 bridgehead atoms. The monoisotopic (exact) mass is 336 g/mol. The van der Waals surface area contributed by atoms with Crippen molar-refractivity contribution in [3.8, 4) is 17.4 Å². The van der Waals surface area contributed by atoms with Gasteiger partial charge in [0.05, 0.1) is 7.11 Å². The minimum Gasteiger partial charge on any atom is -0.494 e. The maximum atomic E-state index is 13.9. The van der Waals surface area contributed by atoms with Gasteiger partial charge in [-0.25, -0.2) is 24.3 Å². The number of rotatable bonds is 4. The first-order chi connectivity index (χ1) is 12.2. The molecule has 0 N–H and O–H groups in total. The van der Waals surface area contributed by atoms with Gasteiger partial charge in [0.2, 0.25) is 0 Å². The second kappa shape index (κ2) is 6.20. The van der Waals surface area contributed by atoms with Crippen molar-refractivity contribution in [1.29, 1.82) is 0 Å². The molecule has 1 aliphatic carbocycles. The van der Waals surface area contributed by atoms with Gasteiger partial charge in [-0.15, -0.1) is 0 Å². The first-order valence-corrected chi connectivity index (χ1v) is 8.10. The van der Waals surface area contributed by atoms with E-state index in [4.69, 9.17) is 4.74 Å². The molecular formula is C19H17FN4O. The molecule has 126 valence electrons. The van der Waals surface area contributed by atoms with Gasteiger partial charge >= 0.3 is 0 Å². The van der Waals surface area contributed by atoms with Crippen LogP contribution < -0.4 is 4.74 Å². The number of aromatic nitrogens is 4. The van der Waals surface area contributed by atoms with Gasteiger partial charge < -0.3 is 4.74 Å². The summed E-state index contributed by atoms with van der Waals surface area (Å²) in [5, 5.41) is 0. The third-order valence-electron chi connectivity index (χ3n) is 4.55. The summed E-state index contributed by atoms with van der Waals surface area (Å²) in [6.07, 6.45) is 7.99. The average Bonchev–Trinajstić information content (AvgIpc) is 3.45. The lowest BCUT2D eigenvalue weighted by Crippen LogP contribution is -1.97. The summed E-state index contributed by atoms with van der Waals surface area (Å²) >= 11 is 0. The highest BCUT2D eigenvalue weighted by atomic mass is 19.1. The van der Waals surface area contributed by atoms with E-state index >= 15 is 0 Å². The molecule has 3 aromatic rings. The molecule has 1 aliphatic rings. The van der Waals surface area contributed by atoms with Crippen molar-refractivity contribution in [1.82, 2.24) is 19.9 Å². The first kappa shape index (κ1) is 15.6. The smallest absolute Gasteiger partial charge is 0.197 e. The molecule has 6 heteroatoms. The second-order valence-corrected chi connectivity index (χ2v) is 6.22. The highest BCUT2D eigenvalue weighted by Crippen LogP contribution is 2.55. The summed E-state index contributed by atoms with van der Waals surface area (Å²) in [6, 6.07) is 5.45. The van der Waals surface area contributed by atoms with Crippen molar-refractivity contribution in [2.24, 2.45) is 0 Å². The van der Waals surface area contributed by atoms with Crippen LogP contribution in [0.1, 0.15) is 34.9 Å². The lowest BCUT2D eigenvalue weighted by atomic mass is 10.0. The summed E-state index contributed by atoms with van der Waals surface area (Å²) in [7, 11) is 1.49. The van der Waals surface area contributed by atoms with Gasteiger partial charge in [0, 0.05) is 24.8 Å². The Morgan fingerprint density at radius 1 is 0.960 bits per heavy atom. The standard InChI is InChI=1S/C19H17FN4O/c1-11-6-12(7-16(25-2)17(11)20)14-8-15(14)13-9-23-19(24-10-13)18-21-4-3-5-22-18/h3-7,9-10,14-15H,8H2,1-2H3/t14-,15-/m0/s1. The molecule has 1 saturated carbocycles. The lowest BCUT2D eigenvalue weighted by Gasteiger charge is -2.08. The fourth-order valence-electron chi connectivity index (χ4n) is 3.12. The molecule has 0 unspecified atom stereocenters.